The molecule has 0 fully saturated rings. The van der Waals surface area contributed by atoms with E-state index in [-0.39, 0.29) is 0 Å². The molecule has 0 aliphatic carbocycles. The summed E-state index contributed by atoms with van der Waals surface area (Å²) in [7, 11) is -3.17. The van der Waals surface area contributed by atoms with Crippen LogP contribution in [0.1, 0.15) is 79.1 Å². The van der Waals surface area contributed by atoms with E-state index in [2.05, 4.69) is 47.4 Å². The van der Waals surface area contributed by atoms with E-state index in [9.17, 15) is 4.32 Å². The lowest BCUT2D eigenvalue weighted by atomic mass is 10.2. The fourth-order valence-corrected chi connectivity index (χ4v) is 3.60. The summed E-state index contributed by atoms with van der Waals surface area (Å²) in [5.74, 6) is 0. The first-order valence-electron chi connectivity index (χ1n) is 13.7. The van der Waals surface area contributed by atoms with Gasteiger partial charge in [0, 0.05) is 61.8 Å². The molecule has 0 aromatic heterocycles. The molecule has 2 aromatic rings. The summed E-state index contributed by atoms with van der Waals surface area (Å²) in [5, 5.41) is 33.9. The Morgan fingerprint density at radius 2 is 0.842 bits per heavy atom. The Bertz CT molecular complexity index is 825. The van der Waals surface area contributed by atoms with Crippen molar-refractivity contribution in [3.63, 3.8) is 0 Å². The van der Waals surface area contributed by atoms with Crippen LogP contribution < -0.4 is 19.8 Å². The standard InChI is InChI=1S/2C14H22N3.BFO2/c2*1-3-5-11-17(12-6-4-2)14-9-7-13(16-15)8-10-14;2-1(3)4/h2*7-10H,3-6,11-12H2,1-2H3;/q2*+1;-2. The molecule has 8 nitrogen and oxygen atoms in total. The lowest BCUT2D eigenvalue weighted by molar-refractivity contribution is -0.366. The van der Waals surface area contributed by atoms with E-state index < -0.39 is 7.40 Å². The molecule has 2 aromatic carbocycles. The average Bonchev–Trinajstić information content (AvgIpc) is 2.93. The topological polar surface area (TPSA) is 109 Å². The van der Waals surface area contributed by atoms with Crippen molar-refractivity contribution in [3.05, 3.63) is 58.5 Å². The Labute approximate surface area is 228 Å². The van der Waals surface area contributed by atoms with Gasteiger partial charge in [0.15, 0.2) is 9.95 Å². The van der Waals surface area contributed by atoms with Crippen molar-refractivity contribution in [1.82, 2.24) is 0 Å². The fourth-order valence-electron chi connectivity index (χ4n) is 3.60. The number of halogens is 1. The molecule has 0 amide bonds. The van der Waals surface area contributed by atoms with E-state index in [4.69, 9.17) is 20.8 Å². The van der Waals surface area contributed by atoms with Gasteiger partial charge in [-0.3, -0.25) is 0 Å². The minimum atomic E-state index is -3.17. The van der Waals surface area contributed by atoms with Crippen LogP contribution >= 0.6 is 0 Å². The van der Waals surface area contributed by atoms with Gasteiger partial charge >= 0.3 is 11.4 Å². The Balaban J connectivity index is 0.000000632. The maximum atomic E-state index is 9.89. The van der Waals surface area contributed by atoms with Crippen molar-refractivity contribution in [2.24, 2.45) is 0 Å². The zero-order valence-corrected chi connectivity index (χ0v) is 23.6. The van der Waals surface area contributed by atoms with E-state index in [1.807, 2.05) is 48.5 Å². The lowest BCUT2D eigenvalue weighted by Gasteiger charge is -2.24. The van der Waals surface area contributed by atoms with Crippen LogP contribution in [-0.4, -0.2) is 33.6 Å². The molecule has 0 saturated carbocycles. The number of hydrogen-bond donors (Lipinski definition) is 0. The number of anilines is 2. The fraction of sp³-hybridized carbons (Fsp3) is 0.571. The van der Waals surface area contributed by atoms with Crippen molar-refractivity contribution in [3.8, 4) is 0 Å². The van der Waals surface area contributed by atoms with Crippen molar-refractivity contribution in [1.29, 1.82) is 10.8 Å². The molecule has 208 valence electrons. The van der Waals surface area contributed by atoms with Crippen LogP contribution in [0.2, 0.25) is 0 Å². The minimum absolute atomic E-state index is 0.611. The van der Waals surface area contributed by atoms with Crippen molar-refractivity contribution >= 4 is 30.1 Å². The summed E-state index contributed by atoms with van der Waals surface area (Å²) in [4.78, 5) is 11.2. The van der Waals surface area contributed by atoms with E-state index in [1.165, 1.54) is 62.7 Å². The molecule has 0 bridgehead atoms. The average molecular weight is 527 g/mol. The molecule has 0 heterocycles. The third-order valence-electron chi connectivity index (χ3n) is 5.79. The zero-order chi connectivity index (χ0) is 28.6. The monoisotopic (exact) mass is 526 g/mol. The summed E-state index contributed by atoms with van der Waals surface area (Å²) >= 11 is 0. The van der Waals surface area contributed by atoms with E-state index in [0.29, 0.717) is 11.4 Å². The first-order valence-corrected chi connectivity index (χ1v) is 13.7. The van der Waals surface area contributed by atoms with Crippen molar-refractivity contribution < 1.29 is 14.4 Å². The van der Waals surface area contributed by atoms with Gasteiger partial charge in [0.25, 0.3) is 0 Å². The third-order valence-corrected chi connectivity index (χ3v) is 5.79. The predicted molar refractivity (Wildman–Crippen MR) is 153 cm³/mol. The van der Waals surface area contributed by atoms with Crippen LogP contribution in [0.15, 0.2) is 48.5 Å². The van der Waals surface area contributed by atoms with Gasteiger partial charge in [0.2, 0.25) is 10.8 Å². The molecule has 0 aliphatic rings. The maximum absolute atomic E-state index is 9.89. The number of benzene rings is 2. The van der Waals surface area contributed by atoms with Crippen molar-refractivity contribution in [2.45, 2.75) is 79.1 Å². The number of nitrogens with zero attached hydrogens (tertiary/aromatic N) is 6. The Kier molecular flexibility index (Phi) is 21.0. The molecule has 0 radical (unpaired) electrons. The largest absolute Gasteiger partial charge is 0.867 e. The quantitative estimate of drug-likeness (QED) is 0.197. The second-order valence-corrected chi connectivity index (χ2v) is 8.90. The number of rotatable bonds is 14. The summed E-state index contributed by atoms with van der Waals surface area (Å²) in [6.45, 7) is 13.3. The smallest absolute Gasteiger partial charge is 0.385 e. The van der Waals surface area contributed by atoms with Gasteiger partial charge in [-0.25, -0.2) is 0 Å². The zero-order valence-electron chi connectivity index (χ0n) is 23.6. The highest BCUT2D eigenvalue weighted by atomic mass is 19.1. The molecule has 2 rings (SSSR count). The molecule has 0 N–H and O–H groups in total. The molecule has 0 unspecified atom stereocenters. The molecule has 0 aliphatic heterocycles. The normalized spacial score (nSPS) is 9.61. The summed E-state index contributed by atoms with van der Waals surface area (Å²) < 4.78 is 9.89. The van der Waals surface area contributed by atoms with Crippen LogP contribution in [0.5, 0.6) is 0 Å². The molecular weight excluding hydrogens is 482 g/mol. The highest BCUT2D eigenvalue weighted by Gasteiger charge is 2.09. The van der Waals surface area contributed by atoms with Crippen LogP contribution in [0.4, 0.5) is 27.1 Å². The van der Waals surface area contributed by atoms with E-state index in [1.54, 1.807) is 0 Å². The number of unbranched alkanes of at least 4 members (excludes halogenated alkanes) is 4. The van der Waals surface area contributed by atoms with E-state index >= 15 is 0 Å². The van der Waals surface area contributed by atoms with Gasteiger partial charge in [-0.2, -0.15) is 0 Å². The summed E-state index contributed by atoms with van der Waals surface area (Å²) in [5.41, 5.74) is 3.66. The molecule has 0 saturated heterocycles. The first-order chi connectivity index (χ1) is 18.4. The lowest BCUT2D eigenvalue weighted by Crippen LogP contribution is -2.39. The Hall–Kier alpha value is -3.21. The highest BCUT2D eigenvalue weighted by Crippen LogP contribution is 2.21. The highest BCUT2D eigenvalue weighted by molar-refractivity contribution is 6.27. The van der Waals surface area contributed by atoms with Gasteiger partial charge in [-0.15, -0.1) is 0 Å². The van der Waals surface area contributed by atoms with Crippen LogP contribution in [0, 0.1) is 10.8 Å². The number of hydrogen-bond acceptors (Lipinski definition) is 6. The van der Waals surface area contributed by atoms with Gasteiger partial charge in [0.1, 0.15) is 7.40 Å². The molecule has 10 heteroatoms. The Morgan fingerprint density at radius 1 is 0.605 bits per heavy atom. The van der Waals surface area contributed by atoms with Gasteiger partial charge in [-0.05, 0) is 49.9 Å². The van der Waals surface area contributed by atoms with Crippen LogP contribution in [-0.2, 0) is 0 Å². The summed E-state index contributed by atoms with van der Waals surface area (Å²) in [6.07, 6.45) is 9.73. The van der Waals surface area contributed by atoms with Crippen molar-refractivity contribution in [2.75, 3.05) is 36.0 Å². The molecule has 38 heavy (non-hydrogen) atoms. The summed E-state index contributed by atoms with van der Waals surface area (Å²) in [6, 6.07) is 15.5. The van der Waals surface area contributed by atoms with Gasteiger partial charge in [0.05, 0.1) is 0 Å². The van der Waals surface area contributed by atoms with Gasteiger partial charge in [-0.1, -0.05) is 53.4 Å². The number of diazo groups is 2. The molecular formula is C28H44BFN6O2. The second kappa shape index (κ2) is 23.0. The first kappa shape index (κ1) is 34.8. The Morgan fingerprint density at radius 3 is 1.03 bits per heavy atom. The molecule has 0 spiro atoms. The second-order valence-electron chi connectivity index (χ2n) is 8.90. The predicted octanol–water partition coefficient (Wildman–Crippen LogP) is 6.82. The SMILES string of the molecule is CCCCN(CCCC)c1ccc([N+]#N)cc1.CCCCN(CCCC)c1ccc([N+]#N)cc1.[O-]B([O-])F. The maximum Gasteiger partial charge on any atom is 0.385 e. The van der Waals surface area contributed by atoms with E-state index in [0.717, 1.165) is 26.2 Å². The van der Waals surface area contributed by atoms with Crippen LogP contribution in [0.25, 0.3) is 9.95 Å². The van der Waals surface area contributed by atoms with Gasteiger partial charge < -0.3 is 24.2 Å². The van der Waals surface area contributed by atoms with Crippen LogP contribution in [0.3, 0.4) is 0 Å². The minimum Gasteiger partial charge on any atom is -0.867 e. The third kappa shape index (κ3) is 16.5. The molecule has 0 atom stereocenters.